The number of primary amides is 1. The molecule has 0 spiro atoms. The Balaban J connectivity index is 1.23. The van der Waals surface area contributed by atoms with Crippen molar-refractivity contribution in [3.63, 3.8) is 0 Å². The number of nitrogens with zero attached hydrogens (tertiary/aromatic N) is 3. The molecule has 0 saturated heterocycles. The quantitative estimate of drug-likeness (QED) is 0.714. The summed E-state index contributed by atoms with van der Waals surface area (Å²) >= 11 is 0. The first-order chi connectivity index (χ1) is 16.3. The Morgan fingerprint density at radius 2 is 1.94 bits per heavy atom. The van der Waals surface area contributed by atoms with Crippen molar-refractivity contribution in [2.45, 2.75) is 38.1 Å². The first-order valence-electron chi connectivity index (χ1n) is 11.8. The van der Waals surface area contributed by atoms with E-state index in [1.165, 1.54) is 6.07 Å². The first kappa shape index (κ1) is 21.4. The maximum Gasteiger partial charge on any atom is 0.272 e. The van der Waals surface area contributed by atoms with E-state index in [1.54, 1.807) is 22.7 Å². The van der Waals surface area contributed by atoms with Gasteiger partial charge in [-0.2, -0.15) is 9.49 Å². The summed E-state index contributed by atoms with van der Waals surface area (Å²) in [6.45, 7) is 0.580. The first-order valence-corrected chi connectivity index (χ1v) is 11.8. The lowest BCUT2D eigenvalue weighted by molar-refractivity contribution is -0.145. The Hall–Kier alpha value is -3.17. The molecule has 4 saturated carbocycles. The molecule has 2 heterocycles. The summed E-state index contributed by atoms with van der Waals surface area (Å²) in [5.74, 6) is -1.04. The molecule has 2 atom stereocenters. The minimum Gasteiger partial charge on any atom is -0.486 e. The van der Waals surface area contributed by atoms with Crippen LogP contribution in [0.2, 0.25) is 0 Å². The van der Waals surface area contributed by atoms with Crippen molar-refractivity contribution in [1.29, 1.82) is 0 Å². The third-order valence-electron chi connectivity index (χ3n) is 8.34. The lowest BCUT2D eigenvalue weighted by Crippen LogP contribution is -2.62. The summed E-state index contributed by atoms with van der Waals surface area (Å²) in [7, 11) is 1.71. The molecule has 34 heavy (non-hydrogen) atoms. The number of ether oxygens (including phenoxy) is 1. The smallest absolute Gasteiger partial charge is 0.272 e. The van der Waals surface area contributed by atoms with Crippen LogP contribution in [0, 0.1) is 34.8 Å². The summed E-state index contributed by atoms with van der Waals surface area (Å²) in [5, 5.41) is 7.60. The normalized spacial score (nSPS) is 31.2. The van der Waals surface area contributed by atoms with E-state index in [1.807, 2.05) is 0 Å². The van der Waals surface area contributed by atoms with Gasteiger partial charge in [0.25, 0.3) is 5.91 Å². The zero-order valence-electron chi connectivity index (χ0n) is 18.9. The van der Waals surface area contributed by atoms with E-state index in [0.717, 1.165) is 38.2 Å². The van der Waals surface area contributed by atoms with Crippen molar-refractivity contribution in [3.8, 4) is 5.75 Å². The number of benzene rings is 1. The lowest BCUT2D eigenvalue weighted by Gasteiger charge is -2.58. The standard InChI is InChI=1S/C24H27F2N5O3/c1-30-18(31-4-5-34-21-17(31)3-2-15(25)19(21)26)8-16(29-30)22(32)28-20-13-6-12-7-14(20)11-24(9-12,10-13)23(27)33/h2-3,8,12-14,20H,4-7,9-11H2,1H3,(H2,27,33)(H,28,32). The van der Waals surface area contributed by atoms with Crippen molar-refractivity contribution in [2.75, 3.05) is 18.1 Å². The highest BCUT2D eigenvalue weighted by molar-refractivity contribution is 5.94. The number of carbonyl (C=O) groups is 2. The van der Waals surface area contributed by atoms with Gasteiger partial charge in [0.15, 0.2) is 17.3 Å². The van der Waals surface area contributed by atoms with Gasteiger partial charge in [-0.25, -0.2) is 4.39 Å². The number of hydrogen-bond acceptors (Lipinski definition) is 5. The fourth-order valence-corrected chi connectivity index (χ4v) is 7.08. The highest BCUT2D eigenvalue weighted by atomic mass is 19.2. The average Bonchev–Trinajstić information content (AvgIpc) is 3.19. The van der Waals surface area contributed by atoms with Gasteiger partial charge in [-0.3, -0.25) is 14.3 Å². The fraction of sp³-hybridized carbons (Fsp3) is 0.542. The monoisotopic (exact) mass is 471 g/mol. The molecule has 2 aromatic rings. The van der Waals surface area contributed by atoms with Crippen LogP contribution in [0.1, 0.15) is 42.6 Å². The van der Waals surface area contributed by atoms with E-state index in [2.05, 4.69) is 10.4 Å². The second kappa shape index (κ2) is 7.41. The summed E-state index contributed by atoms with van der Waals surface area (Å²) in [5.41, 5.74) is 6.01. The SMILES string of the molecule is Cn1nc(C(=O)NC2C3CC4CC2CC(C(N)=O)(C4)C3)cc1N1CCOc2c1ccc(F)c2F. The van der Waals surface area contributed by atoms with Crippen molar-refractivity contribution in [1.82, 2.24) is 15.1 Å². The Morgan fingerprint density at radius 3 is 2.65 bits per heavy atom. The van der Waals surface area contributed by atoms with Gasteiger partial charge < -0.3 is 20.7 Å². The predicted octanol–water partition coefficient (Wildman–Crippen LogP) is 2.64. The summed E-state index contributed by atoms with van der Waals surface area (Å²) in [4.78, 5) is 27.2. The molecule has 180 valence electrons. The Labute approximate surface area is 195 Å². The topological polar surface area (TPSA) is 102 Å². The maximum absolute atomic E-state index is 14.2. The molecule has 5 aliphatic rings. The molecule has 4 bridgehead atoms. The van der Waals surface area contributed by atoms with Crippen molar-refractivity contribution >= 4 is 23.3 Å². The number of fused-ring (bicyclic) bond motifs is 1. The van der Waals surface area contributed by atoms with Crippen molar-refractivity contribution in [2.24, 2.45) is 36.0 Å². The zero-order chi connectivity index (χ0) is 23.8. The number of carbonyl (C=O) groups excluding carboxylic acids is 2. The molecule has 7 rings (SSSR count). The fourth-order valence-electron chi connectivity index (χ4n) is 7.08. The van der Waals surface area contributed by atoms with Gasteiger partial charge in [-0.1, -0.05) is 0 Å². The van der Waals surface area contributed by atoms with E-state index < -0.39 is 17.0 Å². The van der Waals surface area contributed by atoms with E-state index in [9.17, 15) is 18.4 Å². The van der Waals surface area contributed by atoms with Crippen molar-refractivity contribution in [3.05, 3.63) is 35.5 Å². The molecule has 0 radical (unpaired) electrons. The average molecular weight is 472 g/mol. The molecule has 4 fully saturated rings. The Kier molecular flexibility index (Phi) is 4.66. The van der Waals surface area contributed by atoms with Crippen LogP contribution in [0.25, 0.3) is 0 Å². The second-order valence-electron chi connectivity index (χ2n) is 10.3. The zero-order valence-corrected chi connectivity index (χ0v) is 18.9. The lowest BCUT2D eigenvalue weighted by atomic mass is 9.47. The molecule has 1 aromatic carbocycles. The highest BCUT2D eigenvalue weighted by Gasteiger charge is 2.58. The number of anilines is 2. The third-order valence-corrected chi connectivity index (χ3v) is 8.34. The minimum absolute atomic E-state index is 0.00293. The minimum atomic E-state index is -1.03. The van der Waals surface area contributed by atoms with E-state index in [4.69, 9.17) is 10.5 Å². The van der Waals surface area contributed by atoms with Gasteiger partial charge in [-0.05, 0) is 62.0 Å². The summed E-state index contributed by atoms with van der Waals surface area (Å²) in [6.07, 6.45) is 4.37. The molecule has 2 amide bonds. The molecule has 8 nitrogen and oxygen atoms in total. The number of nitrogens with one attached hydrogen (secondary N) is 1. The molecular weight excluding hydrogens is 444 g/mol. The van der Waals surface area contributed by atoms with Crippen LogP contribution in [0.3, 0.4) is 0 Å². The van der Waals surface area contributed by atoms with Crippen LogP contribution in [-0.2, 0) is 11.8 Å². The molecule has 3 N–H and O–H groups in total. The summed E-state index contributed by atoms with van der Waals surface area (Å²) in [6, 6.07) is 4.18. The number of aryl methyl sites for hydroxylation is 1. The van der Waals surface area contributed by atoms with Crippen LogP contribution >= 0.6 is 0 Å². The Morgan fingerprint density at radius 1 is 1.21 bits per heavy atom. The molecule has 2 unspecified atom stereocenters. The molecule has 4 aliphatic carbocycles. The Bertz CT molecular complexity index is 1180. The van der Waals surface area contributed by atoms with Gasteiger partial charge in [0.05, 0.1) is 12.2 Å². The van der Waals surface area contributed by atoms with Gasteiger partial charge in [0, 0.05) is 24.6 Å². The van der Waals surface area contributed by atoms with Gasteiger partial charge in [-0.15, -0.1) is 0 Å². The molecule has 1 aliphatic heterocycles. The van der Waals surface area contributed by atoms with Gasteiger partial charge in [0.2, 0.25) is 11.7 Å². The van der Waals surface area contributed by atoms with E-state index in [-0.39, 0.29) is 47.7 Å². The van der Waals surface area contributed by atoms with E-state index in [0.29, 0.717) is 24.0 Å². The van der Waals surface area contributed by atoms with E-state index >= 15 is 0 Å². The number of halogens is 2. The third kappa shape index (κ3) is 3.10. The number of nitrogens with two attached hydrogens (primary N) is 1. The number of aromatic nitrogens is 2. The van der Waals surface area contributed by atoms with Crippen LogP contribution in [-0.4, -0.2) is 40.8 Å². The second-order valence-corrected chi connectivity index (χ2v) is 10.3. The number of hydrogen-bond donors (Lipinski definition) is 2. The van der Waals surface area contributed by atoms with Crippen LogP contribution < -0.4 is 20.7 Å². The number of amides is 2. The maximum atomic E-state index is 14.2. The van der Waals surface area contributed by atoms with Crippen LogP contribution in [0.5, 0.6) is 5.75 Å². The largest absolute Gasteiger partial charge is 0.486 e. The summed E-state index contributed by atoms with van der Waals surface area (Å²) < 4.78 is 34.8. The van der Waals surface area contributed by atoms with Gasteiger partial charge in [0.1, 0.15) is 12.4 Å². The predicted molar refractivity (Wildman–Crippen MR) is 119 cm³/mol. The molecular formula is C24H27F2N5O3. The van der Waals surface area contributed by atoms with Crippen LogP contribution in [0.15, 0.2) is 18.2 Å². The van der Waals surface area contributed by atoms with Crippen LogP contribution in [0.4, 0.5) is 20.3 Å². The number of rotatable bonds is 4. The van der Waals surface area contributed by atoms with Crippen molar-refractivity contribution < 1.29 is 23.1 Å². The molecule has 10 heteroatoms. The molecule has 1 aromatic heterocycles. The van der Waals surface area contributed by atoms with Gasteiger partial charge >= 0.3 is 0 Å². The highest BCUT2D eigenvalue weighted by Crippen LogP contribution is 2.60.